The van der Waals surface area contributed by atoms with E-state index in [-0.39, 0.29) is 0 Å². The van der Waals surface area contributed by atoms with Crippen LogP contribution in [0.5, 0.6) is 0 Å². The first-order chi connectivity index (χ1) is 7.79. The van der Waals surface area contributed by atoms with Crippen LogP contribution in [0.3, 0.4) is 0 Å². The molecule has 16 heavy (non-hydrogen) atoms. The first-order valence-electron chi connectivity index (χ1n) is 5.95. The Morgan fingerprint density at radius 1 is 1.44 bits per heavy atom. The molecule has 3 rings (SSSR count). The summed E-state index contributed by atoms with van der Waals surface area (Å²) in [5.41, 5.74) is 2.27. The normalized spacial score (nSPS) is 15.9. The third-order valence-corrected chi connectivity index (χ3v) is 3.36. The van der Waals surface area contributed by atoms with Crippen LogP contribution in [0.1, 0.15) is 37.9 Å². The predicted molar refractivity (Wildman–Crippen MR) is 67.0 cm³/mol. The molecule has 2 aromatic rings. The molecule has 0 bridgehead atoms. The van der Waals surface area contributed by atoms with Crippen LogP contribution in [0, 0.1) is 0 Å². The Hall–Kier alpha value is -1.02. The molecular formula is C13H15ClN2. The number of aryl methyl sites for hydroxylation is 1. The molecule has 0 spiro atoms. The first kappa shape index (κ1) is 10.2. The molecule has 0 N–H and O–H groups in total. The minimum atomic E-state index is 0.692. The lowest BCUT2D eigenvalue weighted by Crippen LogP contribution is -2.01. The molecule has 0 aliphatic heterocycles. The fraction of sp³-hybridized carbons (Fsp3) is 0.462. The van der Waals surface area contributed by atoms with Crippen molar-refractivity contribution >= 4 is 22.6 Å². The zero-order chi connectivity index (χ0) is 11.1. The number of aromatic nitrogens is 2. The number of hydrogen-bond donors (Lipinski definition) is 0. The summed E-state index contributed by atoms with van der Waals surface area (Å²) in [4.78, 5) is 4.74. The summed E-state index contributed by atoms with van der Waals surface area (Å²) in [7, 11) is 0. The maximum absolute atomic E-state index is 6.05. The van der Waals surface area contributed by atoms with Crippen LogP contribution in [-0.4, -0.2) is 9.55 Å². The van der Waals surface area contributed by atoms with Crippen molar-refractivity contribution in [2.24, 2.45) is 0 Å². The molecule has 0 radical (unpaired) electrons. The molecule has 1 fully saturated rings. The summed E-state index contributed by atoms with van der Waals surface area (Å²) < 4.78 is 2.35. The van der Waals surface area contributed by atoms with Crippen molar-refractivity contribution in [1.29, 1.82) is 0 Å². The third kappa shape index (κ3) is 1.61. The molecule has 3 heteroatoms. The first-order valence-corrected chi connectivity index (χ1v) is 6.33. The SMILES string of the molecule is CCCn1c(C2CC2)nc2ccc(Cl)cc21. The van der Waals surface area contributed by atoms with Crippen molar-refractivity contribution in [3.63, 3.8) is 0 Å². The number of benzene rings is 1. The lowest BCUT2D eigenvalue weighted by molar-refractivity contribution is 0.656. The van der Waals surface area contributed by atoms with Gasteiger partial charge in [-0.15, -0.1) is 0 Å². The molecule has 1 heterocycles. The number of rotatable bonds is 3. The summed E-state index contributed by atoms with van der Waals surface area (Å²) in [6.07, 6.45) is 3.72. The van der Waals surface area contributed by atoms with Gasteiger partial charge in [-0.05, 0) is 37.5 Å². The highest BCUT2D eigenvalue weighted by Crippen LogP contribution is 2.40. The zero-order valence-corrected chi connectivity index (χ0v) is 10.2. The molecule has 1 aliphatic carbocycles. The van der Waals surface area contributed by atoms with Crippen LogP contribution < -0.4 is 0 Å². The molecule has 0 atom stereocenters. The number of imidazole rings is 1. The van der Waals surface area contributed by atoms with Gasteiger partial charge in [-0.3, -0.25) is 0 Å². The van der Waals surface area contributed by atoms with Crippen molar-refractivity contribution < 1.29 is 0 Å². The molecule has 2 nitrogen and oxygen atoms in total. The summed E-state index contributed by atoms with van der Waals surface area (Å²) >= 11 is 6.05. The van der Waals surface area contributed by atoms with E-state index in [1.807, 2.05) is 18.2 Å². The van der Waals surface area contributed by atoms with E-state index in [0.29, 0.717) is 5.92 Å². The van der Waals surface area contributed by atoms with Crippen molar-refractivity contribution in [2.75, 3.05) is 0 Å². The minimum absolute atomic E-state index is 0.692. The van der Waals surface area contributed by atoms with E-state index in [1.165, 1.54) is 24.2 Å². The summed E-state index contributed by atoms with van der Waals surface area (Å²) in [5, 5.41) is 0.798. The maximum atomic E-state index is 6.05. The molecule has 1 saturated carbocycles. The molecule has 0 saturated heterocycles. The Morgan fingerprint density at radius 3 is 2.94 bits per heavy atom. The lowest BCUT2D eigenvalue weighted by atomic mass is 10.3. The average molecular weight is 235 g/mol. The zero-order valence-electron chi connectivity index (χ0n) is 9.41. The van der Waals surface area contributed by atoms with Crippen molar-refractivity contribution in [1.82, 2.24) is 9.55 Å². The second kappa shape index (κ2) is 3.77. The Balaban J connectivity index is 2.20. The van der Waals surface area contributed by atoms with Crippen LogP contribution in [0.2, 0.25) is 5.02 Å². The van der Waals surface area contributed by atoms with Gasteiger partial charge in [0.2, 0.25) is 0 Å². The molecule has 1 aromatic carbocycles. The van der Waals surface area contributed by atoms with Crippen molar-refractivity contribution in [3.05, 3.63) is 29.0 Å². The smallest absolute Gasteiger partial charge is 0.112 e. The molecule has 1 aliphatic rings. The Bertz CT molecular complexity index is 526. The van der Waals surface area contributed by atoms with Crippen molar-refractivity contribution in [2.45, 2.75) is 38.6 Å². The predicted octanol–water partition coefficient (Wildman–Crippen LogP) is 3.98. The van der Waals surface area contributed by atoms with Gasteiger partial charge >= 0.3 is 0 Å². The Kier molecular flexibility index (Phi) is 2.40. The molecule has 1 aromatic heterocycles. The Labute approximate surface area is 100 Å². The fourth-order valence-corrected chi connectivity index (χ4v) is 2.39. The van der Waals surface area contributed by atoms with E-state index in [2.05, 4.69) is 11.5 Å². The van der Waals surface area contributed by atoms with E-state index in [4.69, 9.17) is 16.6 Å². The van der Waals surface area contributed by atoms with Gasteiger partial charge in [0.1, 0.15) is 5.82 Å². The summed E-state index contributed by atoms with van der Waals surface area (Å²) in [5.74, 6) is 1.96. The van der Waals surface area contributed by atoms with Gasteiger partial charge in [0, 0.05) is 17.5 Å². The van der Waals surface area contributed by atoms with Crippen LogP contribution >= 0.6 is 11.6 Å². The summed E-state index contributed by atoms with van der Waals surface area (Å²) in [6, 6.07) is 5.98. The highest BCUT2D eigenvalue weighted by Gasteiger charge is 2.29. The minimum Gasteiger partial charge on any atom is -0.328 e. The van der Waals surface area contributed by atoms with Crippen LogP contribution in [-0.2, 0) is 6.54 Å². The number of halogens is 1. The topological polar surface area (TPSA) is 17.8 Å². The number of hydrogen-bond acceptors (Lipinski definition) is 1. The van der Waals surface area contributed by atoms with Gasteiger partial charge in [-0.25, -0.2) is 4.98 Å². The second-order valence-electron chi connectivity index (χ2n) is 4.53. The van der Waals surface area contributed by atoms with E-state index in [1.54, 1.807) is 0 Å². The molecule has 84 valence electrons. The van der Waals surface area contributed by atoms with Crippen LogP contribution in [0.4, 0.5) is 0 Å². The quantitative estimate of drug-likeness (QED) is 0.786. The summed E-state index contributed by atoms with van der Waals surface area (Å²) in [6.45, 7) is 3.25. The molecular weight excluding hydrogens is 220 g/mol. The van der Waals surface area contributed by atoms with Gasteiger partial charge in [0.25, 0.3) is 0 Å². The van der Waals surface area contributed by atoms with Crippen molar-refractivity contribution in [3.8, 4) is 0 Å². The number of fused-ring (bicyclic) bond motifs is 1. The monoisotopic (exact) mass is 234 g/mol. The van der Waals surface area contributed by atoms with Gasteiger partial charge in [0.15, 0.2) is 0 Å². The third-order valence-electron chi connectivity index (χ3n) is 3.13. The molecule has 0 amide bonds. The van der Waals surface area contributed by atoms with Crippen LogP contribution in [0.15, 0.2) is 18.2 Å². The standard InChI is InChI=1S/C13H15ClN2/c1-2-7-16-12-8-10(14)5-6-11(12)15-13(16)9-3-4-9/h5-6,8-9H,2-4,7H2,1H3. The van der Waals surface area contributed by atoms with Gasteiger partial charge in [-0.2, -0.15) is 0 Å². The second-order valence-corrected chi connectivity index (χ2v) is 4.97. The molecule has 0 unspecified atom stereocenters. The fourth-order valence-electron chi connectivity index (χ4n) is 2.23. The Morgan fingerprint density at radius 2 is 2.25 bits per heavy atom. The van der Waals surface area contributed by atoms with Gasteiger partial charge < -0.3 is 4.57 Å². The van der Waals surface area contributed by atoms with E-state index in [0.717, 1.165) is 23.5 Å². The lowest BCUT2D eigenvalue weighted by Gasteiger charge is -2.06. The average Bonchev–Trinajstić information content (AvgIpc) is 3.05. The van der Waals surface area contributed by atoms with Crippen LogP contribution in [0.25, 0.3) is 11.0 Å². The highest BCUT2D eigenvalue weighted by molar-refractivity contribution is 6.31. The van der Waals surface area contributed by atoms with E-state index in [9.17, 15) is 0 Å². The largest absolute Gasteiger partial charge is 0.328 e. The van der Waals surface area contributed by atoms with E-state index < -0.39 is 0 Å². The number of nitrogens with zero attached hydrogens (tertiary/aromatic N) is 2. The maximum Gasteiger partial charge on any atom is 0.112 e. The highest BCUT2D eigenvalue weighted by atomic mass is 35.5. The van der Waals surface area contributed by atoms with Gasteiger partial charge in [-0.1, -0.05) is 18.5 Å². The van der Waals surface area contributed by atoms with E-state index >= 15 is 0 Å². The van der Waals surface area contributed by atoms with Gasteiger partial charge in [0.05, 0.1) is 11.0 Å².